The van der Waals surface area contributed by atoms with Crippen molar-refractivity contribution in [2.24, 2.45) is 0 Å². The molecule has 0 spiro atoms. The van der Waals surface area contributed by atoms with E-state index >= 15 is 0 Å². The lowest BCUT2D eigenvalue weighted by Crippen LogP contribution is -2.31. The summed E-state index contributed by atoms with van der Waals surface area (Å²) < 4.78 is 3.39. The number of fused-ring (bicyclic) bond motifs is 2. The number of benzene rings is 3. The van der Waals surface area contributed by atoms with Gasteiger partial charge in [-0.05, 0) is 99.9 Å². The monoisotopic (exact) mass is 544 g/mol. The molecule has 194 valence electrons. The van der Waals surface area contributed by atoms with Gasteiger partial charge in [-0.1, -0.05) is 23.7 Å². The van der Waals surface area contributed by atoms with Crippen LogP contribution in [0.3, 0.4) is 0 Å². The second-order valence-corrected chi connectivity index (χ2v) is 11.7. The zero-order valence-corrected chi connectivity index (χ0v) is 23.2. The standard InChI is InChI=1S/C30H29ClN4O2S/c1-17-14-25-29(28(23(17)16-27(36)37)19-4-7-21(31)8-5-19)38-30(33-25)20-6-9-26-24(15-20)32-18(2)35(26)22-10-12-34(3)13-11-22/h4-9,14-15,22H,10-13,16H2,1-3H3,(H,36,37). The number of carboxylic acid groups (broad SMARTS) is 1. The highest BCUT2D eigenvalue weighted by atomic mass is 35.5. The van der Waals surface area contributed by atoms with E-state index in [0.717, 1.165) is 80.3 Å². The smallest absolute Gasteiger partial charge is 0.307 e. The van der Waals surface area contributed by atoms with Crippen molar-refractivity contribution in [3.05, 3.63) is 70.5 Å². The number of likely N-dealkylation sites (tertiary alicyclic amines) is 1. The third kappa shape index (κ3) is 4.49. The van der Waals surface area contributed by atoms with Crippen LogP contribution in [0.4, 0.5) is 0 Å². The molecular formula is C30H29ClN4O2S. The van der Waals surface area contributed by atoms with Gasteiger partial charge in [-0.25, -0.2) is 9.97 Å². The molecule has 1 fully saturated rings. The van der Waals surface area contributed by atoms with Gasteiger partial charge in [-0.15, -0.1) is 11.3 Å². The van der Waals surface area contributed by atoms with Crippen molar-refractivity contribution in [2.45, 2.75) is 39.2 Å². The van der Waals surface area contributed by atoms with Gasteiger partial charge >= 0.3 is 5.97 Å². The number of carboxylic acids is 1. The highest BCUT2D eigenvalue weighted by Crippen LogP contribution is 2.41. The minimum atomic E-state index is -0.853. The van der Waals surface area contributed by atoms with Crippen LogP contribution in [0.5, 0.6) is 0 Å². The van der Waals surface area contributed by atoms with E-state index < -0.39 is 5.97 Å². The zero-order chi connectivity index (χ0) is 26.6. The number of nitrogens with zero attached hydrogens (tertiary/aromatic N) is 4. The minimum Gasteiger partial charge on any atom is -0.481 e. The molecule has 1 saturated heterocycles. The summed E-state index contributed by atoms with van der Waals surface area (Å²) in [4.78, 5) is 24.1. The van der Waals surface area contributed by atoms with Gasteiger partial charge in [0, 0.05) is 22.2 Å². The molecule has 5 aromatic rings. The van der Waals surface area contributed by atoms with Crippen molar-refractivity contribution in [3.8, 4) is 21.7 Å². The Labute approximate surface area is 230 Å². The fourth-order valence-electron chi connectivity index (χ4n) is 5.73. The first-order chi connectivity index (χ1) is 18.3. The lowest BCUT2D eigenvalue weighted by molar-refractivity contribution is -0.136. The van der Waals surface area contributed by atoms with Crippen molar-refractivity contribution in [3.63, 3.8) is 0 Å². The molecule has 0 saturated carbocycles. The number of aromatic nitrogens is 3. The number of piperidine rings is 1. The number of aryl methyl sites for hydroxylation is 2. The van der Waals surface area contributed by atoms with Crippen LogP contribution >= 0.6 is 22.9 Å². The van der Waals surface area contributed by atoms with Crippen LogP contribution in [-0.4, -0.2) is 50.6 Å². The summed E-state index contributed by atoms with van der Waals surface area (Å²) >= 11 is 7.76. The molecule has 3 heterocycles. The zero-order valence-electron chi connectivity index (χ0n) is 21.7. The SMILES string of the molecule is Cc1cc2nc(-c3ccc4c(c3)nc(C)n4C3CCN(C)CC3)sc2c(-c2ccc(Cl)cc2)c1CC(=O)O. The number of hydrogen-bond donors (Lipinski definition) is 1. The van der Waals surface area contributed by atoms with Crippen LogP contribution in [0.15, 0.2) is 48.5 Å². The van der Waals surface area contributed by atoms with E-state index in [1.54, 1.807) is 11.3 Å². The molecular weight excluding hydrogens is 516 g/mol. The lowest BCUT2D eigenvalue weighted by Gasteiger charge is -2.30. The first-order valence-corrected chi connectivity index (χ1v) is 14.1. The number of halogens is 1. The van der Waals surface area contributed by atoms with Crippen LogP contribution in [0.2, 0.25) is 5.02 Å². The molecule has 3 aromatic carbocycles. The lowest BCUT2D eigenvalue weighted by atomic mass is 9.93. The van der Waals surface area contributed by atoms with E-state index in [0.29, 0.717) is 11.1 Å². The van der Waals surface area contributed by atoms with Gasteiger partial charge in [-0.2, -0.15) is 0 Å². The Morgan fingerprint density at radius 2 is 1.74 bits per heavy atom. The molecule has 6 rings (SSSR count). The minimum absolute atomic E-state index is 0.0490. The normalized spacial score (nSPS) is 15.1. The largest absolute Gasteiger partial charge is 0.481 e. The van der Waals surface area contributed by atoms with Crippen molar-refractivity contribution >= 4 is 50.2 Å². The Balaban J connectivity index is 1.47. The average Bonchev–Trinajstić information content (AvgIpc) is 3.45. The number of rotatable bonds is 5. The molecule has 1 aliphatic rings. The van der Waals surface area contributed by atoms with Gasteiger partial charge < -0.3 is 14.6 Å². The van der Waals surface area contributed by atoms with E-state index in [4.69, 9.17) is 21.6 Å². The van der Waals surface area contributed by atoms with Crippen molar-refractivity contribution < 1.29 is 9.90 Å². The molecule has 38 heavy (non-hydrogen) atoms. The third-order valence-electron chi connectivity index (χ3n) is 7.64. The summed E-state index contributed by atoms with van der Waals surface area (Å²) in [6, 6.07) is 16.5. The quantitative estimate of drug-likeness (QED) is 0.254. The van der Waals surface area contributed by atoms with Crippen molar-refractivity contribution in [1.82, 2.24) is 19.4 Å². The summed E-state index contributed by atoms with van der Waals surface area (Å²) in [5, 5.41) is 11.2. The number of hydrogen-bond acceptors (Lipinski definition) is 5. The Hall–Kier alpha value is -3.26. The predicted octanol–water partition coefficient (Wildman–Crippen LogP) is 7.14. The summed E-state index contributed by atoms with van der Waals surface area (Å²) in [5.74, 6) is 0.198. The Bertz CT molecular complexity index is 1680. The molecule has 0 unspecified atom stereocenters. The number of carbonyl (C=O) groups is 1. The molecule has 0 bridgehead atoms. The van der Waals surface area contributed by atoms with Crippen LogP contribution < -0.4 is 0 Å². The first kappa shape index (κ1) is 25.0. The van der Waals surface area contributed by atoms with Gasteiger partial charge in [0.1, 0.15) is 10.8 Å². The molecule has 8 heteroatoms. The maximum absolute atomic E-state index is 11.8. The van der Waals surface area contributed by atoms with E-state index in [-0.39, 0.29) is 6.42 Å². The van der Waals surface area contributed by atoms with Crippen LogP contribution in [0, 0.1) is 13.8 Å². The maximum Gasteiger partial charge on any atom is 0.307 e. The molecule has 0 radical (unpaired) electrons. The molecule has 2 aromatic heterocycles. The van der Waals surface area contributed by atoms with Gasteiger partial charge in [0.2, 0.25) is 0 Å². The number of imidazole rings is 1. The Kier molecular flexibility index (Phi) is 6.46. The predicted molar refractivity (Wildman–Crippen MR) is 155 cm³/mol. The maximum atomic E-state index is 11.8. The molecule has 0 atom stereocenters. The fourth-order valence-corrected chi connectivity index (χ4v) is 6.99. The van der Waals surface area contributed by atoms with E-state index in [1.165, 1.54) is 5.52 Å². The average molecular weight is 545 g/mol. The van der Waals surface area contributed by atoms with Crippen LogP contribution in [-0.2, 0) is 11.2 Å². The van der Waals surface area contributed by atoms with Crippen molar-refractivity contribution in [1.29, 1.82) is 0 Å². The first-order valence-electron chi connectivity index (χ1n) is 12.9. The summed E-state index contributed by atoms with van der Waals surface area (Å²) in [6.45, 7) is 6.26. The van der Waals surface area contributed by atoms with Gasteiger partial charge in [0.05, 0.1) is 27.7 Å². The van der Waals surface area contributed by atoms with Crippen molar-refractivity contribution in [2.75, 3.05) is 20.1 Å². The molecule has 1 aliphatic heterocycles. The number of thiazole rings is 1. The summed E-state index contributed by atoms with van der Waals surface area (Å²) in [5.41, 5.74) is 7.64. The van der Waals surface area contributed by atoms with Gasteiger partial charge in [0.25, 0.3) is 0 Å². The van der Waals surface area contributed by atoms with Gasteiger partial charge in [-0.3, -0.25) is 4.79 Å². The van der Waals surface area contributed by atoms with E-state index in [9.17, 15) is 9.90 Å². The molecule has 6 nitrogen and oxygen atoms in total. The highest BCUT2D eigenvalue weighted by molar-refractivity contribution is 7.22. The topological polar surface area (TPSA) is 71.2 Å². The summed E-state index contributed by atoms with van der Waals surface area (Å²) in [7, 11) is 2.18. The molecule has 0 amide bonds. The highest BCUT2D eigenvalue weighted by Gasteiger charge is 2.23. The fraction of sp³-hybridized carbons (Fsp3) is 0.300. The van der Waals surface area contributed by atoms with Crippen LogP contribution in [0.1, 0.15) is 35.8 Å². The van der Waals surface area contributed by atoms with Crippen LogP contribution in [0.25, 0.3) is 42.9 Å². The van der Waals surface area contributed by atoms with E-state index in [2.05, 4.69) is 41.6 Å². The third-order valence-corrected chi connectivity index (χ3v) is 9.03. The number of aliphatic carboxylic acids is 1. The Morgan fingerprint density at radius 3 is 2.45 bits per heavy atom. The molecule has 1 N–H and O–H groups in total. The Morgan fingerprint density at radius 1 is 1.03 bits per heavy atom. The summed E-state index contributed by atoms with van der Waals surface area (Å²) in [6.07, 6.45) is 2.22. The van der Waals surface area contributed by atoms with Gasteiger partial charge in [0.15, 0.2) is 0 Å². The van der Waals surface area contributed by atoms with E-state index in [1.807, 2.05) is 37.3 Å². The second kappa shape index (κ2) is 9.80. The second-order valence-electron chi connectivity index (χ2n) is 10.3. The molecule has 0 aliphatic carbocycles.